The summed E-state index contributed by atoms with van der Waals surface area (Å²) in [5, 5.41) is 22.0. The average molecular weight is 427 g/mol. The third-order valence-electron chi connectivity index (χ3n) is 8.21. The molecule has 3 rings (SSSR count). The van der Waals surface area contributed by atoms with Crippen molar-refractivity contribution in [2.24, 2.45) is 17.3 Å². The number of hydrogen-bond acceptors (Lipinski definition) is 5. The Morgan fingerprint density at radius 3 is 2.14 bits per heavy atom. The second kappa shape index (κ2) is 7.42. The van der Waals surface area contributed by atoms with Gasteiger partial charge in [0.25, 0.3) is 0 Å². The molecular formula is C23H42O5Si. The fourth-order valence-electron chi connectivity index (χ4n) is 5.15. The van der Waals surface area contributed by atoms with Crippen LogP contribution in [-0.4, -0.2) is 55.3 Å². The molecule has 1 saturated heterocycles. The first-order valence-electron chi connectivity index (χ1n) is 11.2. The zero-order valence-electron chi connectivity index (χ0n) is 19.6. The van der Waals surface area contributed by atoms with Gasteiger partial charge in [0, 0.05) is 23.9 Å². The number of fused-ring (bicyclic) bond motifs is 1. The summed E-state index contributed by atoms with van der Waals surface area (Å²) in [5.41, 5.74) is -1.28. The minimum Gasteiger partial charge on any atom is -0.414 e. The molecule has 2 N–H and O–H groups in total. The van der Waals surface area contributed by atoms with Crippen LogP contribution in [0.1, 0.15) is 60.8 Å². The van der Waals surface area contributed by atoms with Crippen LogP contribution in [0.25, 0.3) is 0 Å². The van der Waals surface area contributed by atoms with Crippen molar-refractivity contribution in [2.45, 2.75) is 103 Å². The second-order valence-electron chi connectivity index (χ2n) is 11.6. The van der Waals surface area contributed by atoms with E-state index < -0.39 is 31.2 Å². The van der Waals surface area contributed by atoms with Gasteiger partial charge in [-0.05, 0) is 63.7 Å². The molecule has 29 heavy (non-hydrogen) atoms. The highest BCUT2D eigenvalue weighted by atomic mass is 28.4. The first-order valence-corrected chi connectivity index (χ1v) is 14.1. The highest BCUT2D eigenvalue weighted by Crippen LogP contribution is 2.57. The molecule has 0 aromatic heterocycles. The molecule has 0 aromatic rings. The van der Waals surface area contributed by atoms with E-state index in [1.54, 1.807) is 0 Å². The third kappa shape index (κ3) is 4.26. The predicted molar refractivity (Wildman–Crippen MR) is 117 cm³/mol. The maximum absolute atomic E-state index is 11.0. The molecule has 168 valence electrons. The molecule has 5 atom stereocenters. The van der Waals surface area contributed by atoms with E-state index in [0.717, 1.165) is 12.8 Å². The van der Waals surface area contributed by atoms with Crippen LogP contribution in [-0.2, 0) is 13.9 Å². The van der Waals surface area contributed by atoms with Gasteiger partial charge in [0.05, 0.1) is 24.9 Å². The van der Waals surface area contributed by atoms with E-state index in [4.69, 9.17) is 13.9 Å². The fourth-order valence-corrected chi connectivity index (χ4v) is 6.52. The molecule has 1 saturated carbocycles. The number of hydrogen-bond donors (Lipinski definition) is 2. The van der Waals surface area contributed by atoms with Gasteiger partial charge in [0.15, 0.2) is 14.1 Å². The lowest BCUT2D eigenvalue weighted by molar-refractivity contribution is -0.188. The van der Waals surface area contributed by atoms with Crippen molar-refractivity contribution < 1.29 is 24.1 Å². The van der Waals surface area contributed by atoms with Gasteiger partial charge in [-0.25, -0.2) is 0 Å². The van der Waals surface area contributed by atoms with Crippen LogP contribution < -0.4 is 0 Å². The van der Waals surface area contributed by atoms with Crippen molar-refractivity contribution >= 4 is 8.32 Å². The molecular weight excluding hydrogens is 384 g/mol. The van der Waals surface area contributed by atoms with Gasteiger partial charge >= 0.3 is 0 Å². The zero-order valence-corrected chi connectivity index (χ0v) is 20.6. The van der Waals surface area contributed by atoms with Gasteiger partial charge in [-0.3, -0.25) is 0 Å². The smallest absolute Gasteiger partial charge is 0.192 e. The fraction of sp³-hybridized carbons (Fsp3) is 0.913. The standard InChI is InChI=1S/C23H42O5Si/c1-16(24)22-9-10-23(26-11-12-27-23)15-18(22)19(13-17(14-22)21(5,6)25)28-29(7,8)20(2,3)4/h9-10,16-19,24-25H,11-15H2,1-8H3/t16?,17-,18-,19+,22+/m1/s1. The highest BCUT2D eigenvalue weighted by Gasteiger charge is 2.59. The molecule has 2 aliphatic carbocycles. The van der Waals surface area contributed by atoms with Crippen molar-refractivity contribution in [1.82, 2.24) is 0 Å². The summed E-state index contributed by atoms with van der Waals surface area (Å²) >= 11 is 0. The molecule has 0 bridgehead atoms. The van der Waals surface area contributed by atoms with Crippen molar-refractivity contribution in [3.05, 3.63) is 12.2 Å². The quantitative estimate of drug-likeness (QED) is 0.520. The zero-order chi connectivity index (χ0) is 21.9. The Bertz CT molecular complexity index is 624. The minimum absolute atomic E-state index is 0.0484. The number of ether oxygens (including phenoxy) is 2. The maximum Gasteiger partial charge on any atom is 0.192 e. The summed E-state index contributed by atoms with van der Waals surface area (Å²) in [6.07, 6.45) is 5.76. The average Bonchev–Trinajstić information content (AvgIpc) is 3.01. The van der Waals surface area contributed by atoms with Crippen molar-refractivity contribution in [3.63, 3.8) is 0 Å². The Hall–Kier alpha value is -0.243. The largest absolute Gasteiger partial charge is 0.414 e. The van der Waals surface area contributed by atoms with E-state index >= 15 is 0 Å². The lowest BCUT2D eigenvalue weighted by Gasteiger charge is -2.58. The molecule has 0 amide bonds. The molecule has 0 aromatic carbocycles. The molecule has 3 aliphatic rings. The summed E-state index contributed by atoms with van der Waals surface area (Å²) in [7, 11) is -2.05. The monoisotopic (exact) mass is 426 g/mol. The van der Waals surface area contributed by atoms with Crippen LogP contribution in [0.2, 0.25) is 18.1 Å². The Morgan fingerprint density at radius 1 is 1.07 bits per heavy atom. The van der Waals surface area contributed by atoms with E-state index in [-0.39, 0.29) is 23.0 Å². The Labute approximate surface area is 177 Å². The second-order valence-corrected chi connectivity index (χ2v) is 16.4. The maximum atomic E-state index is 11.0. The van der Waals surface area contributed by atoms with Crippen LogP contribution in [0, 0.1) is 17.3 Å². The van der Waals surface area contributed by atoms with Crippen molar-refractivity contribution in [1.29, 1.82) is 0 Å². The molecule has 5 nitrogen and oxygen atoms in total. The first kappa shape index (κ1) is 23.4. The van der Waals surface area contributed by atoms with Gasteiger partial charge in [-0.2, -0.15) is 0 Å². The SMILES string of the molecule is CC(O)[C@@]12C=CC3(C[C@@H]1[C@@H](O[Si](C)(C)C(C)(C)C)C[C@@H](C(C)(C)O)C2)OCCO3. The number of aliphatic hydroxyl groups excluding tert-OH is 1. The van der Waals surface area contributed by atoms with E-state index in [1.165, 1.54) is 0 Å². The minimum atomic E-state index is -2.05. The molecule has 0 radical (unpaired) electrons. The first-order chi connectivity index (χ1) is 13.1. The lowest BCUT2D eigenvalue weighted by Crippen LogP contribution is -2.60. The van der Waals surface area contributed by atoms with Crippen LogP contribution in [0.15, 0.2) is 12.2 Å². The van der Waals surface area contributed by atoms with Crippen molar-refractivity contribution in [3.8, 4) is 0 Å². The van der Waals surface area contributed by atoms with Crippen LogP contribution in [0.3, 0.4) is 0 Å². The van der Waals surface area contributed by atoms with Gasteiger partial charge in [-0.1, -0.05) is 26.8 Å². The van der Waals surface area contributed by atoms with Crippen molar-refractivity contribution in [2.75, 3.05) is 13.2 Å². The normalized spacial score (nSPS) is 36.3. The Balaban J connectivity index is 2.04. The summed E-state index contributed by atoms with van der Waals surface area (Å²) in [6, 6.07) is 0. The lowest BCUT2D eigenvalue weighted by atomic mass is 9.53. The van der Waals surface area contributed by atoms with Crippen LogP contribution in [0.4, 0.5) is 0 Å². The summed E-state index contributed by atoms with van der Waals surface area (Å²) in [6.45, 7) is 18.2. The highest BCUT2D eigenvalue weighted by molar-refractivity contribution is 6.74. The van der Waals surface area contributed by atoms with E-state index in [2.05, 4.69) is 39.9 Å². The van der Waals surface area contributed by atoms with Crippen LogP contribution >= 0.6 is 0 Å². The van der Waals surface area contributed by atoms with E-state index in [0.29, 0.717) is 19.6 Å². The van der Waals surface area contributed by atoms with E-state index in [1.807, 2.05) is 26.8 Å². The number of aliphatic hydroxyl groups is 2. The molecule has 1 heterocycles. The Kier molecular flexibility index (Phi) is 5.99. The molecule has 1 spiro atoms. The topological polar surface area (TPSA) is 68.2 Å². The van der Waals surface area contributed by atoms with Gasteiger partial charge in [-0.15, -0.1) is 0 Å². The summed E-state index contributed by atoms with van der Waals surface area (Å²) in [4.78, 5) is 0. The molecule has 1 unspecified atom stereocenters. The third-order valence-corrected chi connectivity index (χ3v) is 12.7. The van der Waals surface area contributed by atoms with Gasteiger partial charge in [0.1, 0.15) is 0 Å². The van der Waals surface area contributed by atoms with Gasteiger partial charge in [0.2, 0.25) is 0 Å². The predicted octanol–water partition coefficient (Wildman–Crippen LogP) is 4.24. The van der Waals surface area contributed by atoms with Gasteiger partial charge < -0.3 is 24.1 Å². The summed E-state index contributed by atoms with van der Waals surface area (Å²) < 4.78 is 19.0. The molecule has 6 heteroatoms. The van der Waals surface area contributed by atoms with Crippen LogP contribution in [0.5, 0.6) is 0 Å². The molecule has 2 fully saturated rings. The Morgan fingerprint density at radius 2 is 1.66 bits per heavy atom. The van der Waals surface area contributed by atoms with E-state index in [9.17, 15) is 10.2 Å². The number of rotatable bonds is 4. The molecule has 1 aliphatic heterocycles. The summed E-state index contributed by atoms with van der Waals surface area (Å²) in [5.74, 6) is -0.565.